The van der Waals surface area contributed by atoms with Crippen molar-refractivity contribution in [3.63, 3.8) is 0 Å². The number of aromatic nitrogens is 3. The lowest BCUT2D eigenvalue weighted by Gasteiger charge is -2.34. The number of rotatable bonds is 9. The molecule has 0 radical (unpaired) electrons. The normalized spacial score (nSPS) is 15.9. The molecule has 1 fully saturated rings. The Bertz CT molecular complexity index is 793. The van der Waals surface area contributed by atoms with Crippen LogP contribution in [0.2, 0.25) is 5.02 Å². The lowest BCUT2D eigenvalue weighted by atomic mass is 10.0. The summed E-state index contributed by atoms with van der Waals surface area (Å²) in [4.78, 5) is 7.32. The summed E-state index contributed by atoms with van der Waals surface area (Å²) in [5.74, 6) is 1.81. The van der Waals surface area contributed by atoms with E-state index >= 15 is 0 Å². The number of aryl methyl sites for hydroxylation is 1. The van der Waals surface area contributed by atoms with Crippen LogP contribution in [0.3, 0.4) is 0 Å². The molecule has 172 valence electrons. The van der Waals surface area contributed by atoms with Gasteiger partial charge in [0.15, 0.2) is 5.96 Å². The smallest absolute Gasteiger partial charge is 0.191 e. The topological polar surface area (TPSA) is 79.6 Å². The lowest BCUT2D eigenvalue weighted by molar-refractivity contribution is 0.0179. The van der Waals surface area contributed by atoms with Gasteiger partial charge in [0.1, 0.15) is 12.2 Å². The molecule has 0 bridgehead atoms. The van der Waals surface area contributed by atoms with Crippen LogP contribution in [0.4, 0.5) is 0 Å². The molecule has 1 unspecified atom stereocenters. The Hall–Kier alpha value is -1.43. The second-order valence-corrected chi connectivity index (χ2v) is 7.59. The molecule has 1 atom stereocenters. The van der Waals surface area contributed by atoms with E-state index in [0.717, 1.165) is 69.2 Å². The summed E-state index contributed by atoms with van der Waals surface area (Å²) < 4.78 is 7.61. The molecule has 0 amide bonds. The van der Waals surface area contributed by atoms with Crippen LogP contribution in [0.25, 0.3) is 0 Å². The third-order valence-electron chi connectivity index (χ3n) is 5.16. The number of halogens is 2. The molecular formula is C21H33ClIN7O. The largest absolute Gasteiger partial charge is 0.379 e. The number of aliphatic imine (C=N–C) groups is 1. The molecule has 1 saturated heterocycles. The van der Waals surface area contributed by atoms with Gasteiger partial charge in [0.2, 0.25) is 0 Å². The molecule has 2 aromatic rings. The standard InChI is InChI=1S/C21H32ClN7O.HI/c1-3-20-27-26-16-29(20)10-9-24-21(23-4-2)25-15-19(28-11-13-30-14-12-28)17-5-7-18(22)8-6-17;/h5-8,16,19H,3-4,9-15H2,1-2H3,(H2,23,24,25);1H. The summed E-state index contributed by atoms with van der Waals surface area (Å²) >= 11 is 6.10. The fourth-order valence-corrected chi connectivity index (χ4v) is 3.69. The molecule has 31 heavy (non-hydrogen) atoms. The van der Waals surface area contributed by atoms with Gasteiger partial charge >= 0.3 is 0 Å². The fourth-order valence-electron chi connectivity index (χ4n) is 3.56. The molecule has 1 aromatic heterocycles. The van der Waals surface area contributed by atoms with E-state index in [-0.39, 0.29) is 30.0 Å². The van der Waals surface area contributed by atoms with Crippen molar-refractivity contribution < 1.29 is 4.74 Å². The second kappa shape index (κ2) is 13.9. The maximum Gasteiger partial charge on any atom is 0.191 e. The number of guanidine groups is 1. The number of hydrogen-bond donors (Lipinski definition) is 2. The Morgan fingerprint density at radius 1 is 1.19 bits per heavy atom. The Morgan fingerprint density at radius 3 is 2.61 bits per heavy atom. The predicted molar refractivity (Wildman–Crippen MR) is 135 cm³/mol. The molecule has 0 aliphatic carbocycles. The first-order valence-corrected chi connectivity index (χ1v) is 11.0. The number of hydrogen-bond acceptors (Lipinski definition) is 5. The van der Waals surface area contributed by atoms with Crippen LogP contribution < -0.4 is 10.6 Å². The third kappa shape index (κ3) is 7.89. The highest BCUT2D eigenvalue weighted by Crippen LogP contribution is 2.24. The predicted octanol–water partition coefficient (Wildman–Crippen LogP) is 2.74. The lowest BCUT2D eigenvalue weighted by Crippen LogP contribution is -2.42. The van der Waals surface area contributed by atoms with Crippen molar-refractivity contribution in [3.05, 3.63) is 47.0 Å². The molecule has 8 nitrogen and oxygen atoms in total. The van der Waals surface area contributed by atoms with Gasteiger partial charge in [0, 0.05) is 44.2 Å². The van der Waals surface area contributed by atoms with Crippen LogP contribution in [0, 0.1) is 0 Å². The Morgan fingerprint density at radius 2 is 1.94 bits per heavy atom. The van der Waals surface area contributed by atoms with Crippen molar-refractivity contribution >= 4 is 41.5 Å². The molecule has 2 N–H and O–H groups in total. The highest BCUT2D eigenvalue weighted by atomic mass is 127. The van der Waals surface area contributed by atoms with Gasteiger partial charge in [0.25, 0.3) is 0 Å². The van der Waals surface area contributed by atoms with Crippen molar-refractivity contribution in [3.8, 4) is 0 Å². The summed E-state index contributed by atoms with van der Waals surface area (Å²) in [6.07, 6.45) is 2.65. The van der Waals surface area contributed by atoms with Gasteiger partial charge in [-0.05, 0) is 24.6 Å². The summed E-state index contributed by atoms with van der Waals surface area (Å²) in [5, 5.41) is 15.6. The van der Waals surface area contributed by atoms with Gasteiger partial charge in [-0.3, -0.25) is 9.89 Å². The van der Waals surface area contributed by atoms with E-state index in [1.807, 2.05) is 12.1 Å². The van der Waals surface area contributed by atoms with Gasteiger partial charge in [-0.1, -0.05) is 30.7 Å². The zero-order valence-corrected chi connectivity index (χ0v) is 21.3. The number of ether oxygens (including phenoxy) is 1. The molecule has 0 saturated carbocycles. The molecular weight excluding hydrogens is 529 g/mol. The molecule has 3 rings (SSSR count). The number of morpholine rings is 1. The monoisotopic (exact) mass is 561 g/mol. The van der Waals surface area contributed by atoms with Gasteiger partial charge in [-0.15, -0.1) is 34.2 Å². The van der Waals surface area contributed by atoms with Crippen molar-refractivity contribution in [1.29, 1.82) is 0 Å². The van der Waals surface area contributed by atoms with Crippen LogP contribution >= 0.6 is 35.6 Å². The van der Waals surface area contributed by atoms with Crippen LogP contribution in [-0.4, -0.2) is 71.6 Å². The highest BCUT2D eigenvalue weighted by Gasteiger charge is 2.22. The van der Waals surface area contributed by atoms with Crippen LogP contribution in [0.5, 0.6) is 0 Å². The average molecular weight is 562 g/mol. The van der Waals surface area contributed by atoms with Gasteiger partial charge in [-0.25, -0.2) is 0 Å². The minimum Gasteiger partial charge on any atom is -0.379 e. The summed E-state index contributed by atoms with van der Waals surface area (Å²) in [6, 6.07) is 8.27. The Kier molecular flexibility index (Phi) is 11.6. The van der Waals surface area contributed by atoms with Crippen molar-refractivity contribution in [2.75, 3.05) is 45.9 Å². The van der Waals surface area contributed by atoms with E-state index in [1.165, 1.54) is 5.56 Å². The zero-order valence-electron chi connectivity index (χ0n) is 18.3. The first kappa shape index (κ1) is 25.8. The van der Waals surface area contributed by atoms with E-state index in [4.69, 9.17) is 21.3 Å². The van der Waals surface area contributed by atoms with E-state index in [1.54, 1.807) is 6.33 Å². The minimum absolute atomic E-state index is 0. The van der Waals surface area contributed by atoms with Crippen LogP contribution in [0.15, 0.2) is 35.6 Å². The van der Waals surface area contributed by atoms with E-state index in [9.17, 15) is 0 Å². The third-order valence-corrected chi connectivity index (χ3v) is 5.42. The highest BCUT2D eigenvalue weighted by molar-refractivity contribution is 14.0. The summed E-state index contributed by atoms with van der Waals surface area (Å²) in [6.45, 7) is 10.5. The maximum absolute atomic E-state index is 6.10. The van der Waals surface area contributed by atoms with Crippen molar-refractivity contribution in [2.45, 2.75) is 32.9 Å². The fraction of sp³-hybridized carbons (Fsp3) is 0.571. The van der Waals surface area contributed by atoms with E-state index in [0.29, 0.717) is 6.54 Å². The average Bonchev–Trinajstić information content (AvgIpc) is 3.23. The van der Waals surface area contributed by atoms with Crippen LogP contribution in [0.1, 0.15) is 31.3 Å². The summed E-state index contributed by atoms with van der Waals surface area (Å²) in [7, 11) is 0. The van der Waals surface area contributed by atoms with Crippen molar-refractivity contribution in [2.24, 2.45) is 4.99 Å². The van der Waals surface area contributed by atoms with Gasteiger partial charge in [-0.2, -0.15) is 0 Å². The minimum atomic E-state index is 0. The first-order chi connectivity index (χ1) is 14.7. The number of nitrogens with one attached hydrogen (secondary N) is 2. The molecule has 0 spiro atoms. The first-order valence-electron chi connectivity index (χ1n) is 10.7. The zero-order chi connectivity index (χ0) is 21.2. The molecule has 1 aromatic carbocycles. The molecule has 10 heteroatoms. The second-order valence-electron chi connectivity index (χ2n) is 7.16. The van der Waals surface area contributed by atoms with Crippen LogP contribution in [-0.2, 0) is 17.7 Å². The SMILES string of the molecule is CCNC(=NCC(c1ccc(Cl)cc1)N1CCOCC1)NCCn1cnnc1CC.I. The van der Waals surface area contributed by atoms with Gasteiger partial charge in [0.05, 0.1) is 25.8 Å². The molecule has 2 heterocycles. The number of nitrogens with zero attached hydrogens (tertiary/aromatic N) is 5. The molecule has 1 aliphatic rings. The molecule has 1 aliphatic heterocycles. The van der Waals surface area contributed by atoms with Crippen molar-refractivity contribution in [1.82, 2.24) is 30.3 Å². The quantitative estimate of drug-likeness (QED) is 0.279. The van der Waals surface area contributed by atoms with Gasteiger partial charge < -0.3 is 19.9 Å². The number of benzene rings is 1. The maximum atomic E-state index is 6.10. The Labute approximate surface area is 206 Å². The van der Waals surface area contributed by atoms with E-state index < -0.39 is 0 Å². The Balaban J connectivity index is 0.00000341. The summed E-state index contributed by atoms with van der Waals surface area (Å²) in [5.41, 5.74) is 1.22. The van der Waals surface area contributed by atoms with E-state index in [2.05, 4.69) is 56.3 Å².